The summed E-state index contributed by atoms with van der Waals surface area (Å²) in [7, 11) is 0. The highest BCUT2D eigenvalue weighted by Gasteiger charge is 2.57. The first-order chi connectivity index (χ1) is 18.6. The third kappa shape index (κ3) is 6.69. The minimum Gasteiger partial charge on any atom is -0.493 e. The highest BCUT2D eigenvalue weighted by Crippen LogP contribution is 2.53. The molecule has 3 fully saturated rings. The molecule has 2 bridgehead atoms. The second-order valence-corrected chi connectivity index (χ2v) is 11.0. The van der Waals surface area contributed by atoms with Gasteiger partial charge in [0.05, 0.1) is 22.2 Å². The van der Waals surface area contributed by atoms with Crippen LogP contribution in [0.2, 0.25) is 10.0 Å². The first kappa shape index (κ1) is 29.2. The van der Waals surface area contributed by atoms with Crippen molar-refractivity contribution < 1.29 is 32.6 Å². The Morgan fingerprint density at radius 1 is 0.949 bits per heavy atom. The van der Waals surface area contributed by atoms with Crippen molar-refractivity contribution in [1.29, 1.82) is 0 Å². The van der Waals surface area contributed by atoms with Crippen molar-refractivity contribution in [3.63, 3.8) is 0 Å². The first-order valence-electron chi connectivity index (χ1n) is 13.0. The second-order valence-electron chi connectivity index (χ2n) is 10.2. The average Bonchev–Trinajstić information content (AvgIpc) is 2.92. The molecule has 2 aromatic carbocycles. The zero-order chi connectivity index (χ0) is 28.2. The highest BCUT2D eigenvalue weighted by atomic mass is 35.5. The molecule has 3 aliphatic carbocycles. The highest BCUT2D eigenvalue weighted by molar-refractivity contribution is 6.31. The molecule has 2 aromatic rings. The van der Waals surface area contributed by atoms with E-state index in [2.05, 4.69) is 5.32 Å². The molecule has 1 N–H and O–H groups in total. The molecule has 0 aromatic heterocycles. The lowest BCUT2D eigenvalue weighted by Crippen LogP contribution is -2.67. The standard InChI is InChI=1S/C28H32Cl2F2N2O5/c1-3-34(4-2)26(36)39-24-15-27(17-38-19-6-8-21(30)23(32)14-19)9-11-28(24,12-10-27)33-25(35)16-37-18-5-7-20(29)22(31)13-18/h5-8,13-14,24H,3-4,9-12,15-17H2,1-2H3,(H,33,35). The van der Waals surface area contributed by atoms with Crippen molar-refractivity contribution in [3.8, 4) is 11.5 Å². The van der Waals surface area contributed by atoms with E-state index in [4.69, 9.17) is 37.4 Å². The van der Waals surface area contributed by atoms with Crippen LogP contribution in [0.25, 0.3) is 0 Å². The molecule has 3 saturated carbocycles. The number of nitrogens with one attached hydrogen (secondary N) is 1. The number of carbonyl (C=O) groups excluding carboxylic acids is 2. The van der Waals surface area contributed by atoms with E-state index in [1.807, 2.05) is 13.8 Å². The molecule has 7 nitrogen and oxygen atoms in total. The van der Waals surface area contributed by atoms with Crippen LogP contribution in [0.15, 0.2) is 36.4 Å². The van der Waals surface area contributed by atoms with Crippen molar-refractivity contribution >= 4 is 35.2 Å². The monoisotopic (exact) mass is 584 g/mol. The summed E-state index contributed by atoms with van der Waals surface area (Å²) >= 11 is 11.5. The topological polar surface area (TPSA) is 77.1 Å². The van der Waals surface area contributed by atoms with Crippen molar-refractivity contribution in [2.45, 2.75) is 57.6 Å². The van der Waals surface area contributed by atoms with E-state index < -0.39 is 35.3 Å². The maximum Gasteiger partial charge on any atom is 0.410 e. The normalized spacial score (nSPS) is 23.7. The maximum atomic E-state index is 13.9. The van der Waals surface area contributed by atoms with Crippen LogP contribution in [0.3, 0.4) is 0 Å². The van der Waals surface area contributed by atoms with E-state index in [0.29, 0.717) is 57.6 Å². The predicted octanol–water partition coefficient (Wildman–Crippen LogP) is 6.40. The molecule has 1 atom stereocenters. The molecule has 0 aliphatic heterocycles. The molecule has 11 heteroatoms. The number of carbonyl (C=O) groups is 2. The van der Waals surface area contributed by atoms with Crippen LogP contribution in [0.4, 0.5) is 13.6 Å². The lowest BCUT2D eigenvalue weighted by atomic mass is 9.56. The predicted molar refractivity (Wildman–Crippen MR) is 143 cm³/mol. The largest absolute Gasteiger partial charge is 0.493 e. The molecule has 3 aliphatic rings. The van der Waals surface area contributed by atoms with Gasteiger partial charge < -0.3 is 24.4 Å². The molecule has 0 heterocycles. The zero-order valence-corrected chi connectivity index (χ0v) is 23.4. The van der Waals surface area contributed by atoms with Crippen LogP contribution in [0.5, 0.6) is 11.5 Å². The van der Waals surface area contributed by atoms with E-state index >= 15 is 0 Å². The molecule has 0 radical (unpaired) electrons. The smallest absolute Gasteiger partial charge is 0.410 e. The van der Waals surface area contributed by atoms with Crippen LogP contribution in [0.1, 0.15) is 46.0 Å². The Balaban J connectivity index is 1.46. The van der Waals surface area contributed by atoms with E-state index in [-0.39, 0.29) is 27.8 Å². The van der Waals surface area contributed by atoms with Crippen LogP contribution in [-0.4, -0.2) is 54.8 Å². The minimum absolute atomic E-state index is 0.0185. The Hall–Kier alpha value is -2.78. The number of halogens is 4. The first-order valence-corrected chi connectivity index (χ1v) is 13.8. The molecule has 5 rings (SSSR count). The fourth-order valence-corrected chi connectivity index (χ4v) is 5.65. The molecule has 212 valence electrons. The number of fused-ring (bicyclic) bond motifs is 3. The van der Waals surface area contributed by atoms with Gasteiger partial charge in [-0.1, -0.05) is 23.2 Å². The number of nitrogens with zero attached hydrogens (tertiary/aromatic N) is 1. The summed E-state index contributed by atoms with van der Waals surface area (Å²) in [6.45, 7) is 4.69. The lowest BCUT2D eigenvalue weighted by Gasteiger charge is -2.56. The quantitative estimate of drug-likeness (QED) is 0.350. The van der Waals surface area contributed by atoms with Crippen molar-refractivity contribution in [2.75, 3.05) is 26.3 Å². The molecular weight excluding hydrogens is 553 g/mol. The number of ether oxygens (including phenoxy) is 3. The van der Waals surface area contributed by atoms with Gasteiger partial charge in [0.2, 0.25) is 0 Å². The Bertz CT molecular complexity index is 1200. The molecule has 0 spiro atoms. The maximum absolute atomic E-state index is 13.9. The van der Waals surface area contributed by atoms with Crippen molar-refractivity contribution in [3.05, 3.63) is 58.1 Å². The lowest BCUT2D eigenvalue weighted by molar-refractivity contribution is -0.138. The second kappa shape index (κ2) is 12.2. The fraction of sp³-hybridized carbons (Fsp3) is 0.500. The zero-order valence-electron chi connectivity index (χ0n) is 21.9. The van der Waals surface area contributed by atoms with Gasteiger partial charge in [0.15, 0.2) is 6.61 Å². The summed E-state index contributed by atoms with van der Waals surface area (Å²) in [4.78, 5) is 27.5. The van der Waals surface area contributed by atoms with Gasteiger partial charge >= 0.3 is 6.09 Å². The fourth-order valence-electron chi connectivity index (χ4n) is 5.41. The Kier molecular flexibility index (Phi) is 9.11. The summed E-state index contributed by atoms with van der Waals surface area (Å²) in [5.74, 6) is -1.06. The summed E-state index contributed by atoms with van der Waals surface area (Å²) < 4.78 is 45.1. The van der Waals surface area contributed by atoms with Crippen LogP contribution >= 0.6 is 23.2 Å². The Labute approximate surface area is 236 Å². The van der Waals surface area contributed by atoms with Crippen LogP contribution in [0, 0.1) is 17.0 Å². The van der Waals surface area contributed by atoms with Gasteiger partial charge in [-0.15, -0.1) is 0 Å². The number of amides is 2. The van der Waals surface area contributed by atoms with Crippen molar-refractivity contribution in [2.24, 2.45) is 5.41 Å². The van der Waals surface area contributed by atoms with E-state index in [1.165, 1.54) is 24.3 Å². The molecule has 1 unspecified atom stereocenters. The number of rotatable bonds is 10. The Morgan fingerprint density at radius 2 is 1.51 bits per heavy atom. The number of hydrogen-bond acceptors (Lipinski definition) is 5. The molecule has 39 heavy (non-hydrogen) atoms. The van der Waals surface area contributed by atoms with Crippen LogP contribution in [-0.2, 0) is 9.53 Å². The van der Waals surface area contributed by atoms with Crippen molar-refractivity contribution in [1.82, 2.24) is 10.2 Å². The van der Waals surface area contributed by atoms with Gasteiger partial charge in [-0.2, -0.15) is 0 Å². The summed E-state index contributed by atoms with van der Waals surface area (Å²) in [5, 5.41) is 3.05. The van der Waals surface area contributed by atoms with E-state index in [1.54, 1.807) is 11.0 Å². The summed E-state index contributed by atoms with van der Waals surface area (Å²) in [6, 6.07) is 8.26. The molecular formula is C28H32Cl2F2N2O5. The SMILES string of the molecule is CCN(CC)C(=O)OC1CC2(COc3ccc(Cl)c(F)c3)CCC1(NC(=O)COc1ccc(Cl)c(F)c1)CC2. The Morgan fingerprint density at radius 3 is 2.05 bits per heavy atom. The number of hydrogen-bond donors (Lipinski definition) is 1. The van der Waals surface area contributed by atoms with E-state index in [0.717, 1.165) is 6.07 Å². The molecule has 2 amide bonds. The van der Waals surface area contributed by atoms with Gasteiger partial charge in [-0.3, -0.25) is 4.79 Å². The third-order valence-corrected chi connectivity index (χ3v) is 8.40. The minimum atomic E-state index is -0.775. The van der Waals surface area contributed by atoms with Gasteiger partial charge in [-0.05, 0) is 70.2 Å². The van der Waals surface area contributed by atoms with Gasteiger partial charge in [0.1, 0.15) is 29.2 Å². The summed E-state index contributed by atoms with van der Waals surface area (Å²) in [6.07, 6.45) is 1.97. The van der Waals surface area contributed by atoms with Gasteiger partial charge in [0, 0.05) is 30.6 Å². The molecule has 0 saturated heterocycles. The van der Waals surface area contributed by atoms with Gasteiger partial charge in [0.25, 0.3) is 5.91 Å². The summed E-state index contributed by atoms with van der Waals surface area (Å²) in [5.41, 5.74) is -1.09. The number of benzene rings is 2. The van der Waals surface area contributed by atoms with Crippen LogP contribution < -0.4 is 14.8 Å². The average molecular weight is 585 g/mol. The third-order valence-electron chi connectivity index (χ3n) is 7.79. The van der Waals surface area contributed by atoms with Gasteiger partial charge in [-0.25, -0.2) is 13.6 Å². The van der Waals surface area contributed by atoms with E-state index in [9.17, 15) is 18.4 Å².